The Kier molecular flexibility index (Phi) is 3.06. The van der Waals surface area contributed by atoms with Crippen LogP contribution in [0.4, 0.5) is 0 Å². The van der Waals surface area contributed by atoms with Crippen LogP contribution >= 0.6 is 0 Å². The van der Waals surface area contributed by atoms with Gasteiger partial charge in [-0.2, -0.15) is 0 Å². The van der Waals surface area contributed by atoms with Gasteiger partial charge in [0, 0.05) is 12.5 Å². The van der Waals surface area contributed by atoms with Gasteiger partial charge in [-0.3, -0.25) is 14.7 Å². The number of carbonyl (C=O) groups excluding carboxylic acids is 2. The van der Waals surface area contributed by atoms with E-state index in [0.717, 1.165) is 18.7 Å². The van der Waals surface area contributed by atoms with Gasteiger partial charge in [0.2, 0.25) is 11.7 Å². The fourth-order valence-corrected chi connectivity index (χ4v) is 1.38. The van der Waals surface area contributed by atoms with Crippen LogP contribution in [-0.2, 0) is 4.79 Å². The van der Waals surface area contributed by atoms with Crippen molar-refractivity contribution in [1.82, 2.24) is 20.5 Å². The molecule has 0 atom stereocenters. The summed E-state index contributed by atoms with van der Waals surface area (Å²) in [5, 5.41) is 9.22. The van der Waals surface area contributed by atoms with Crippen molar-refractivity contribution in [2.45, 2.75) is 32.6 Å². The smallest absolute Gasteiger partial charge is 0.290 e. The molecule has 1 saturated carbocycles. The van der Waals surface area contributed by atoms with E-state index in [0.29, 0.717) is 5.92 Å². The van der Waals surface area contributed by atoms with Gasteiger partial charge in [-0.15, -0.1) is 5.10 Å². The monoisotopic (exact) mass is 251 g/mol. The highest BCUT2D eigenvalue weighted by Crippen LogP contribution is 2.37. The first-order valence-electron chi connectivity index (χ1n) is 5.90. The number of aromatic amines is 1. The molecule has 0 unspecified atom stereocenters. The quantitative estimate of drug-likeness (QED) is 0.679. The number of H-pyrrole nitrogens is 1. The van der Waals surface area contributed by atoms with Crippen LogP contribution in [-0.4, -0.2) is 33.5 Å². The van der Waals surface area contributed by atoms with Gasteiger partial charge >= 0.3 is 0 Å². The Balaban J connectivity index is 1.92. The number of aromatic nitrogens is 3. The van der Waals surface area contributed by atoms with Crippen molar-refractivity contribution in [3.63, 3.8) is 0 Å². The molecule has 0 aliphatic heterocycles. The van der Waals surface area contributed by atoms with Crippen molar-refractivity contribution in [3.05, 3.63) is 11.6 Å². The number of nitrogens with two attached hydrogens (primary N) is 1. The van der Waals surface area contributed by atoms with Crippen molar-refractivity contribution in [2.24, 2.45) is 11.1 Å². The molecule has 0 saturated heterocycles. The lowest BCUT2D eigenvalue weighted by atomic mass is 9.93. The fraction of sp³-hybridized carbons (Fsp3) is 0.636. The van der Waals surface area contributed by atoms with Crippen LogP contribution in [0.2, 0.25) is 0 Å². The Labute approximate surface area is 105 Å². The summed E-state index contributed by atoms with van der Waals surface area (Å²) in [6.07, 6.45) is 2.18. The Hall–Kier alpha value is -1.92. The summed E-state index contributed by atoms with van der Waals surface area (Å²) in [6.45, 7) is 3.50. The van der Waals surface area contributed by atoms with Gasteiger partial charge < -0.3 is 11.1 Å². The maximum absolute atomic E-state index is 11.8. The van der Waals surface area contributed by atoms with Crippen LogP contribution in [0.1, 0.15) is 49.1 Å². The summed E-state index contributed by atoms with van der Waals surface area (Å²) in [6, 6.07) is 0. The molecule has 0 spiro atoms. The van der Waals surface area contributed by atoms with E-state index in [4.69, 9.17) is 5.73 Å². The molecule has 1 aromatic heterocycles. The molecule has 7 nitrogen and oxygen atoms in total. The van der Waals surface area contributed by atoms with E-state index in [-0.39, 0.29) is 12.4 Å². The van der Waals surface area contributed by atoms with Crippen LogP contribution < -0.4 is 11.1 Å². The third-order valence-corrected chi connectivity index (χ3v) is 3.03. The van der Waals surface area contributed by atoms with Gasteiger partial charge in [0.05, 0.1) is 5.41 Å². The number of nitrogens with one attached hydrogen (secondary N) is 2. The van der Waals surface area contributed by atoms with Gasteiger partial charge in [-0.25, -0.2) is 4.98 Å². The number of primary amides is 1. The fourth-order valence-electron chi connectivity index (χ4n) is 1.38. The van der Waals surface area contributed by atoms with Gasteiger partial charge in [-0.05, 0) is 26.7 Å². The molecule has 0 bridgehead atoms. The normalized spacial score (nSPS) is 15.4. The topological polar surface area (TPSA) is 114 Å². The zero-order valence-electron chi connectivity index (χ0n) is 10.5. The summed E-state index contributed by atoms with van der Waals surface area (Å²) >= 11 is 0. The number of nitrogens with zero attached hydrogens (tertiary/aromatic N) is 2. The number of hydrogen-bond acceptors (Lipinski definition) is 4. The number of amides is 2. The zero-order valence-corrected chi connectivity index (χ0v) is 10.5. The largest absolute Gasteiger partial charge is 0.369 e. The first-order chi connectivity index (χ1) is 8.40. The van der Waals surface area contributed by atoms with Gasteiger partial charge in [0.15, 0.2) is 0 Å². The number of hydrogen-bond donors (Lipinski definition) is 3. The molecule has 1 aliphatic carbocycles. The minimum absolute atomic E-state index is 0.108. The Morgan fingerprint density at radius 1 is 1.50 bits per heavy atom. The molecule has 2 amide bonds. The summed E-state index contributed by atoms with van der Waals surface area (Å²) in [5.41, 5.74) is 4.43. The summed E-state index contributed by atoms with van der Waals surface area (Å²) < 4.78 is 0. The second-order valence-corrected chi connectivity index (χ2v) is 5.25. The minimum atomic E-state index is -0.786. The predicted molar refractivity (Wildman–Crippen MR) is 63.7 cm³/mol. The van der Waals surface area contributed by atoms with E-state index < -0.39 is 17.2 Å². The van der Waals surface area contributed by atoms with Gasteiger partial charge in [0.1, 0.15) is 5.82 Å². The molecule has 0 aromatic carbocycles. The molecule has 0 radical (unpaired) electrons. The van der Waals surface area contributed by atoms with Crippen LogP contribution in [0.15, 0.2) is 0 Å². The molecule has 4 N–H and O–H groups in total. The molecule has 7 heteroatoms. The molecular formula is C11H17N5O2. The maximum atomic E-state index is 11.8. The van der Waals surface area contributed by atoms with Crippen LogP contribution in [0.25, 0.3) is 0 Å². The lowest BCUT2D eigenvalue weighted by Crippen LogP contribution is -2.42. The van der Waals surface area contributed by atoms with E-state index in [1.165, 1.54) is 0 Å². The first-order valence-corrected chi connectivity index (χ1v) is 5.90. The molecule has 1 fully saturated rings. The zero-order chi connectivity index (χ0) is 13.3. The SMILES string of the molecule is CC(C)(CNC(=O)c1n[nH]c(C2CC2)n1)C(N)=O. The van der Waals surface area contributed by atoms with Crippen molar-refractivity contribution < 1.29 is 9.59 Å². The highest BCUT2D eigenvalue weighted by molar-refractivity contribution is 5.91. The average molecular weight is 251 g/mol. The number of carbonyl (C=O) groups is 2. The van der Waals surface area contributed by atoms with Gasteiger partial charge in [0.25, 0.3) is 5.91 Å². The van der Waals surface area contributed by atoms with Crippen LogP contribution in [0, 0.1) is 5.41 Å². The van der Waals surface area contributed by atoms with E-state index in [1.54, 1.807) is 13.8 Å². The first kappa shape index (κ1) is 12.5. The molecule has 1 heterocycles. The molecule has 18 heavy (non-hydrogen) atoms. The van der Waals surface area contributed by atoms with E-state index >= 15 is 0 Å². The lowest BCUT2D eigenvalue weighted by Gasteiger charge is -2.19. The molecule has 98 valence electrons. The van der Waals surface area contributed by atoms with Crippen molar-refractivity contribution in [1.29, 1.82) is 0 Å². The molecule has 1 aromatic rings. The summed E-state index contributed by atoms with van der Waals surface area (Å²) in [4.78, 5) is 27.0. The number of rotatable bonds is 5. The molecular weight excluding hydrogens is 234 g/mol. The summed E-state index contributed by atoms with van der Waals surface area (Å²) in [7, 11) is 0. The van der Waals surface area contributed by atoms with Crippen molar-refractivity contribution in [2.75, 3.05) is 6.54 Å². The van der Waals surface area contributed by atoms with Crippen molar-refractivity contribution >= 4 is 11.8 Å². The van der Waals surface area contributed by atoms with Crippen molar-refractivity contribution in [3.8, 4) is 0 Å². The second-order valence-electron chi connectivity index (χ2n) is 5.25. The van der Waals surface area contributed by atoms with Crippen LogP contribution in [0.5, 0.6) is 0 Å². The highest BCUT2D eigenvalue weighted by atomic mass is 16.2. The lowest BCUT2D eigenvalue weighted by molar-refractivity contribution is -0.125. The second kappa shape index (κ2) is 4.40. The Morgan fingerprint density at radius 2 is 2.17 bits per heavy atom. The maximum Gasteiger partial charge on any atom is 0.290 e. The summed E-state index contributed by atoms with van der Waals surface area (Å²) in [5.74, 6) is 0.427. The van der Waals surface area contributed by atoms with E-state index in [1.807, 2.05) is 0 Å². The average Bonchev–Trinajstić information content (AvgIpc) is 3.04. The standard InChI is InChI=1S/C11H17N5O2/c1-11(2,10(12)18)5-13-9(17)8-14-7(15-16-8)6-3-4-6/h6H,3-5H2,1-2H3,(H2,12,18)(H,13,17)(H,14,15,16). The third-order valence-electron chi connectivity index (χ3n) is 3.03. The van der Waals surface area contributed by atoms with Crippen LogP contribution in [0.3, 0.4) is 0 Å². The van der Waals surface area contributed by atoms with E-state index in [9.17, 15) is 9.59 Å². The molecule has 2 rings (SSSR count). The highest BCUT2D eigenvalue weighted by Gasteiger charge is 2.29. The minimum Gasteiger partial charge on any atom is -0.369 e. The van der Waals surface area contributed by atoms with E-state index in [2.05, 4.69) is 20.5 Å². The van der Waals surface area contributed by atoms with Gasteiger partial charge in [-0.1, -0.05) is 0 Å². The molecule has 1 aliphatic rings. The Bertz CT molecular complexity index is 476. The predicted octanol–water partition coefficient (Wildman–Crippen LogP) is -0.0766. The Morgan fingerprint density at radius 3 is 2.72 bits per heavy atom. The third kappa shape index (κ3) is 2.66.